The van der Waals surface area contributed by atoms with E-state index < -0.39 is 35.5 Å². The summed E-state index contributed by atoms with van der Waals surface area (Å²) < 4.78 is 23.1. The minimum Gasteiger partial charge on any atom is -0.508 e. The number of carbonyl (C=O) groups excluding carboxylic acids is 4. The van der Waals surface area contributed by atoms with Gasteiger partial charge in [0, 0.05) is 87.8 Å². The summed E-state index contributed by atoms with van der Waals surface area (Å²) >= 11 is 0. The highest BCUT2D eigenvalue weighted by Crippen LogP contribution is 2.39. The summed E-state index contributed by atoms with van der Waals surface area (Å²) in [4.78, 5) is 70.0. The third-order valence-corrected chi connectivity index (χ3v) is 14.4. The average molecular weight is 913 g/mol. The average Bonchev–Trinajstić information content (AvgIpc) is 3.80. The molecule has 2 aromatic heterocycles. The number of piperidine rings is 1. The maximum atomic E-state index is 16.8. The van der Waals surface area contributed by atoms with Crippen molar-refractivity contribution >= 4 is 56.8 Å². The number of halogens is 1. The van der Waals surface area contributed by atoms with Crippen LogP contribution in [0.1, 0.15) is 91.0 Å². The Morgan fingerprint density at radius 1 is 0.866 bits per heavy atom. The maximum absolute atomic E-state index is 16.8. The van der Waals surface area contributed by atoms with Gasteiger partial charge in [-0.25, -0.2) is 4.39 Å². The van der Waals surface area contributed by atoms with Crippen molar-refractivity contribution in [2.75, 3.05) is 63.1 Å². The second-order valence-electron chi connectivity index (χ2n) is 18.7. The molecule has 350 valence electrons. The molecule has 4 amide bonds. The standard InChI is InChI=1S/C37H46FN7O2.C13H11N3O4/c1-2-24-7-6-8-25-19-29(46)20-30(32(24)25)34-33(38)35-31(21-39-34)36(45-22-26-11-12-27(23-45)40-26)42-37(41-35)47-18-17-43-13-15-44(16-14-43)28-9-4-3-5-10-28;14-6-1-2-7-8(5-6)13(20)16(12(7)19)9-3-4-10(17)15-11(9)18/h6-8,19-21,26-28,40,46H,2-5,9-18,22-23H2,1H3;1-2,5,9H,3-4,14H2,(H,15,17,18). The molecule has 0 spiro atoms. The molecular formula is C50H57FN10O6. The Morgan fingerprint density at radius 3 is 2.37 bits per heavy atom. The van der Waals surface area contributed by atoms with E-state index in [0.717, 1.165) is 92.4 Å². The number of imide groups is 2. The molecule has 11 rings (SSSR count). The van der Waals surface area contributed by atoms with Crippen LogP contribution in [0.15, 0.2) is 54.7 Å². The number of hydrogen-bond acceptors (Lipinski definition) is 14. The Balaban J connectivity index is 0.000000219. The number of carbonyl (C=O) groups is 4. The number of aryl methyl sites for hydroxylation is 1. The highest BCUT2D eigenvalue weighted by molar-refractivity contribution is 6.23. The van der Waals surface area contributed by atoms with Crippen molar-refractivity contribution < 1.29 is 33.4 Å². The normalized spacial score (nSPS) is 22.6. The molecule has 6 aliphatic rings. The summed E-state index contributed by atoms with van der Waals surface area (Å²) in [6.07, 6.45) is 11.8. The monoisotopic (exact) mass is 912 g/mol. The van der Waals surface area contributed by atoms with Gasteiger partial charge in [-0.2, -0.15) is 9.97 Å². The van der Waals surface area contributed by atoms with Gasteiger partial charge in [-0.1, -0.05) is 44.4 Å². The van der Waals surface area contributed by atoms with Crippen molar-refractivity contribution in [2.45, 2.75) is 95.3 Å². The SMILES string of the molecule is CCc1cccc2cc(O)cc(-c3ncc4c(N5CC6CCC(C5)N6)nc(OCCN5CCN(C6CCCCC6)CC5)nc4c3F)c12.Nc1ccc2c(c1)C(=O)N(C1CCC(=O)NC1=O)C2=O. The van der Waals surface area contributed by atoms with Crippen LogP contribution in [-0.4, -0.2) is 135 Å². The van der Waals surface area contributed by atoms with Crippen molar-refractivity contribution in [2.24, 2.45) is 0 Å². The number of nitrogens with one attached hydrogen (secondary N) is 2. The fourth-order valence-electron chi connectivity index (χ4n) is 11.0. The zero-order chi connectivity index (χ0) is 46.3. The molecular weight excluding hydrogens is 856 g/mol. The molecule has 3 atom stereocenters. The molecule has 5 aromatic rings. The number of nitrogens with two attached hydrogens (primary N) is 1. The quantitative estimate of drug-likeness (QED) is 0.111. The highest BCUT2D eigenvalue weighted by atomic mass is 19.1. The van der Waals surface area contributed by atoms with Gasteiger partial charge in [0.25, 0.3) is 11.8 Å². The minimum atomic E-state index is -0.943. The number of aromatic nitrogens is 3. The van der Waals surface area contributed by atoms with Crippen LogP contribution in [0.4, 0.5) is 15.9 Å². The minimum absolute atomic E-state index is 0.0744. The van der Waals surface area contributed by atoms with E-state index in [1.807, 2.05) is 18.2 Å². The first-order valence-corrected chi connectivity index (χ1v) is 23.9. The molecule has 3 aromatic carbocycles. The van der Waals surface area contributed by atoms with E-state index in [1.54, 1.807) is 18.3 Å². The molecule has 3 unspecified atom stereocenters. The number of pyridine rings is 1. The van der Waals surface area contributed by atoms with E-state index in [2.05, 4.69) is 37.2 Å². The number of phenols is 1. The Morgan fingerprint density at radius 2 is 1.63 bits per heavy atom. The smallest absolute Gasteiger partial charge is 0.319 e. The molecule has 2 bridgehead atoms. The van der Waals surface area contributed by atoms with Gasteiger partial charge in [-0.15, -0.1) is 0 Å². The van der Waals surface area contributed by atoms with Gasteiger partial charge in [0.15, 0.2) is 5.82 Å². The first-order valence-electron chi connectivity index (χ1n) is 23.9. The van der Waals surface area contributed by atoms with Gasteiger partial charge in [-0.05, 0) is 85.2 Å². The molecule has 67 heavy (non-hydrogen) atoms. The third-order valence-electron chi connectivity index (χ3n) is 14.4. The Hall–Kier alpha value is -6.30. The molecule has 5 N–H and O–H groups in total. The second kappa shape index (κ2) is 18.8. The summed E-state index contributed by atoms with van der Waals surface area (Å²) in [6, 6.07) is 14.5. The predicted octanol–water partition coefficient (Wildman–Crippen LogP) is 5.19. The Bertz CT molecular complexity index is 2750. The molecule has 7 heterocycles. The number of ether oxygens (including phenoxy) is 1. The molecule has 17 heteroatoms. The molecule has 1 saturated carbocycles. The zero-order valence-corrected chi connectivity index (χ0v) is 37.8. The van der Waals surface area contributed by atoms with Gasteiger partial charge in [0.05, 0.1) is 16.5 Å². The number of nitrogens with zero attached hydrogens (tertiary/aromatic N) is 7. The maximum Gasteiger partial charge on any atom is 0.319 e. The molecule has 1 aliphatic carbocycles. The van der Waals surface area contributed by atoms with Gasteiger partial charge in [0.2, 0.25) is 11.8 Å². The number of piperazine rings is 2. The lowest BCUT2D eigenvalue weighted by atomic mass is 9.94. The number of phenolic OH excluding ortho intramolecular Hbond substituents is 1. The number of aromatic hydroxyl groups is 1. The number of fused-ring (bicyclic) bond motifs is 5. The Labute approximate surface area is 388 Å². The van der Waals surface area contributed by atoms with Crippen LogP contribution >= 0.6 is 0 Å². The predicted molar refractivity (Wildman–Crippen MR) is 251 cm³/mol. The van der Waals surface area contributed by atoms with Crippen molar-refractivity contribution in [1.82, 2.24) is 40.3 Å². The second-order valence-corrected chi connectivity index (χ2v) is 18.7. The number of rotatable bonds is 9. The van der Waals surface area contributed by atoms with Crippen molar-refractivity contribution in [3.8, 4) is 23.0 Å². The van der Waals surface area contributed by atoms with Gasteiger partial charge in [-0.3, -0.25) is 44.2 Å². The summed E-state index contributed by atoms with van der Waals surface area (Å²) in [5.41, 5.74) is 8.40. The number of amides is 4. The van der Waals surface area contributed by atoms with Crippen LogP contribution in [0.3, 0.4) is 0 Å². The highest BCUT2D eigenvalue weighted by Gasteiger charge is 2.44. The van der Waals surface area contributed by atoms with Gasteiger partial charge < -0.3 is 25.8 Å². The molecule has 16 nitrogen and oxygen atoms in total. The van der Waals surface area contributed by atoms with Crippen molar-refractivity contribution in [3.05, 3.63) is 77.2 Å². The number of anilines is 2. The summed E-state index contributed by atoms with van der Waals surface area (Å²) in [5.74, 6) is -1.87. The summed E-state index contributed by atoms with van der Waals surface area (Å²) in [7, 11) is 0. The van der Waals surface area contributed by atoms with E-state index in [9.17, 15) is 24.3 Å². The first-order chi connectivity index (χ1) is 32.5. The lowest BCUT2D eigenvalue weighted by molar-refractivity contribution is -0.136. The summed E-state index contributed by atoms with van der Waals surface area (Å²) in [6.45, 7) is 9.19. The number of nitrogen functional groups attached to an aromatic ring is 1. The van der Waals surface area contributed by atoms with Crippen LogP contribution in [0.2, 0.25) is 0 Å². The van der Waals surface area contributed by atoms with Crippen LogP contribution < -0.4 is 26.0 Å². The third kappa shape index (κ3) is 8.87. The summed E-state index contributed by atoms with van der Waals surface area (Å²) in [5, 5.41) is 18.8. The molecule has 5 fully saturated rings. The van der Waals surface area contributed by atoms with Crippen LogP contribution in [0, 0.1) is 5.82 Å². The van der Waals surface area contributed by atoms with Crippen molar-refractivity contribution in [3.63, 3.8) is 0 Å². The topological polar surface area (TPSA) is 199 Å². The van der Waals surface area contributed by atoms with Gasteiger partial charge >= 0.3 is 6.01 Å². The number of hydrogen-bond donors (Lipinski definition) is 4. The molecule has 5 aliphatic heterocycles. The van der Waals surface area contributed by atoms with Crippen molar-refractivity contribution in [1.29, 1.82) is 0 Å². The first kappa shape index (κ1) is 44.5. The van der Waals surface area contributed by atoms with E-state index in [-0.39, 0.29) is 46.9 Å². The van der Waals surface area contributed by atoms with Crippen LogP contribution in [0.5, 0.6) is 11.8 Å². The fourth-order valence-corrected chi connectivity index (χ4v) is 11.0. The van der Waals surface area contributed by atoms with Crippen LogP contribution in [0.25, 0.3) is 32.9 Å². The van der Waals surface area contributed by atoms with E-state index in [4.69, 9.17) is 20.4 Å². The van der Waals surface area contributed by atoms with E-state index in [0.29, 0.717) is 41.1 Å². The van der Waals surface area contributed by atoms with E-state index >= 15 is 4.39 Å². The van der Waals surface area contributed by atoms with Crippen LogP contribution in [-0.2, 0) is 16.0 Å². The Kier molecular flexibility index (Phi) is 12.5. The number of benzene rings is 3. The zero-order valence-electron chi connectivity index (χ0n) is 37.8. The lowest BCUT2D eigenvalue weighted by Crippen LogP contribution is -2.54. The lowest BCUT2D eigenvalue weighted by Gasteiger charge is -2.40. The van der Waals surface area contributed by atoms with Gasteiger partial charge in [0.1, 0.15) is 35.4 Å². The van der Waals surface area contributed by atoms with E-state index in [1.165, 1.54) is 50.3 Å². The largest absolute Gasteiger partial charge is 0.508 e. The fraction of sp³-hybridized carbons (Fsp3) is 0.460. The molecule has 0 radical (unpaired) electrons. The molecule has 4 saturated heterocycles.